The molecule has 1 N–H and O–H groups in total. The predicted molar refractivity (Wildman–Crippen MR) is 61.9 cm³/mol. The van der Waals surface area contributed by atoms with Gasteiger partial charge < -0.3 is 5.32 Å². The highest BCUT2D eigenvalue weighted by Crippen LogP contribution is 2.18. The van der Waals surface area contributed by atoms with E-state index in [1.807, 2.05) is 0 Å². The highest BCUT2D eigenvalue weighted by atomic mass is 32.2. The number of carbonyl (C=O) groups excluding carboxylic acids is 2. The van der Waals surface area contributed by atoms with Crippen LogP contribution in [-0.2, 0) is 4.79 Å². The maximum atomic E-state index is 11.4. The minimum absolute atomic E-state index is 0.0247. The van der Waals surface area contributed by atoms with Crippen LogP contribution in [0.5, 0.6) is 0 Å². The molecule has 0 unspecified atom stereocenters. The van der Waals surface area contributed by atoms with Crippen molar-refractivity contribution in [3.05, 3.63) is 0 Å². The van der Waals surface area contributed by atoms with Gasteiger partial charge in [-0.05, 0) is 13.0 Å². The molecule has 0 bridgehead atoms. The van der Waals surface area contributed by atoms with Crippen molar-refractivity contribution in [2.45, 2.75) is 32.7 Å². The smallest absolute Gasteiger partial charge is 0.288 e. The number of nitrogens with one attached hydrogen (secondary N) is 1. The van der Waals surface area contributed by atoms with Crippen molar-refractivity contribution >= 4 is 22.9 Å². The summed E-state index contributed by atoms with van der Waals surface area (Å²) in [5, 5.41) is 3.17. The zero-order valence-corrected chi connectivity index (χ0v) is 10.1. The van der Waals surface area contributed by atoms with E-state index in [1.54, 1.807) is 0 Å². The minimum Gasteiger partial charge on any atom is -0.314 e. The summed E-state index contributed by atoms with van der Waals surface area (Å²) in [4.78, 5) is 24.2. The molecule has 1 fully saturated rings. The van der Waals surface area contributed by atoms with Crippen molar-refractivity contribution < 1.29 is 9.59 Å². The van der Waals surface area contributed by atoms with E-state index in [1.165, 1.54) is 16.7 Å². The van der Waals surface area contributed by atoms with Crippen LogP contribution in [0.3, 0.4) is 0 Å². The molecular weight excluding hydrogens is 212 g/mol. The van der Waals surface area contributed by atoms with Gasteiger partial charge in [-0.15, -0.1) is 0 Å². The van der Waals surface area contributed by atoms with Crippen LogP contribution in [0.4, 0.5) is 4.79 Å². The molecule has 5 heteroatoms. The van der Waals surface area contributed by atoms with E-state index in [0.717, 1.165) is 13.0 Å². The number of hydrogen-bond acceptors (Lipinski definition) is 4. The summed E-state index contributed by atoms with van der Waals surface area (Å²) in [6.45, 7) is 5.55. The Morgan fingerprint density at radius 1 is 1.47 bits per heavy atom. The molecule has 0 aromatic heterocycles. The maximum Gasteiger partial charge on any atom is 0.288 e. The Morgan fingerprint density at radius 3 is 2.80 bits per heavy atom. The third-order valence-corrected chi connectivity index (χ3v) is 3.05. The second-order valence-electron chi connectivity index (χ2n) is 3.87. The highest BCUT2D eigenvalue weighted by molar-refractivity contribution is 8.13. The molecule has 0 atom stereocenters. The van der Waals surface area contributed by atoms with Gasteiger partial charge in [0.15, 0.2) is 0 Å². The SMILES string of the molecule is CC(C)NCCCN1C(=O)CCSC1=O. The van der Waals surface area contributed by atoms with E-state index < -0.39 is 0 Å². The highest BCUT2D eigenvalue weighted by Gasteiger charge is 2.25. The molecule has 0 aromatic rings. The molecule has 86 valence electrons. The second kappa shape index (κ2) is 6.12. The third-order valence-electron chi connectivity index (χ3n) is 2.17. The molecule has 0 radical (unpaired) electrons. The van der Waals surface area contributed by atoms with E-state index in [-0.39, 0.29) is 11.1 Å². The molecule has 1 heterocycles. The van der Waals surface area contributed by atoms with E-state index in [0.29, 0.717) is 24.8 Å². The molecule has 2 amide bonds. The Kier molecular flexibility index (Phi) is 5.11. The van der Waals surface area contributed by atoms with Crippen LogP contribution in [0.25, 0.3) is 0 Å². The van der Waals surface area contributed by atoms with Gasteiger partial charge in [0.25, 0.3) is 5.24 Å². The Morgan fingerprint density at radius 2 is 2.20 bits per heavy atom. The summed E-state index contributed by atoms with van der Waals surface area (Å²) in [6, 6.07) is 0.451. The zero-order valence-electron chi connectivity index (χ0n) is 9.28. The topological polar surface area (TPSA) is 49.4 Å². The fourth-order valence-corrected chi connectivity index (χ4v) is 2.18. The summed E-state index contributed by atoms with van der Waals surface area (Å²) in [6.07, 6.45) is 1.32. The number of rotatable bonds is 5. The molecule has 1 saturated heterocycles. The molecule has 4 nitrogen and oxygen atoms in total. The zero-order chi connectivity index (χ0) is 11.3. The van der Waals surface area contributed by atoms with Gasteiger partial charge in [-0.2, -0.15) is 0 Å². The fourth-order valence-electron chi connectivity index (χ4n) is 1.38. The average molecular weight is 230 g/mol. The number of carbonyl (C=O) groups is 2. The first-order valence-corrected chi connectivity index (χ1v) is 6.30. The average Bonchev–Trinajstić information content (AvgIpc) is 2.15. The van der Waals surface area contributed by atoms with Crippen LogP contribution in [0.2, 0.25) is 0 Å². The lowest BCUT2D eigenvalue weighted by molar-refractivity contribution is -0.127. The molecule has 15 heavy (non-hydrogen) atoms. The number of hydrogen-bond donors (Lipinski definition) is 1. The first-order chi connectivity index (χ1) is 7.11. The van der Waals surface area contributed by atoms with Crippen LogP contribution >= 0.6 is 11.8 Å². The van der Waals surface area contributed by atoms with Gasteiger partial charge in [0.1, 0.15) is 0 Å². The van der Waals surface area contributed by atoms with Crippen molar-refractivity contribution in [3.63, 3.8) is 0 Å². The van der Waals surface area contributed by atoms with E-state index in [2.05, 4.69) is 19.2 Å². The van der Waals surface area contributed by atoms with E-state index >= 15 is 0 Å². The minimum atomic E-state index is -0.0872. The number of nitrogens with zero attached hydrogens (tertiary/aromatic N) is 1. The lowest BCUT2D eigenvalue weighted by Crippen LogP contribution is -2.39. The van der Waals surface area contributed by atoms with Crippen LogP contribution < -0.4 is 5.32 Å². The first-order valence-electron chi connectivity index (χ1n) is 5.31. The Hall–Kier alpha value is -0.550. The van der Waals surface area contributed by atoms with Gasteiger partial charge in [-0.1, -0.05) is 25.6 Å². The molecule has 0 aromatic carbocycles. The number of thioether (sulfide) groups is 1. The van der Waals surface area contributed by atoms with E-state index in [9.17, 15) is 9.59 Å². The van der Waals surface area contributed by atoms with Crippen molar-refractivity contribution in [3.8, 4) is 0 Å². The molecule has 0 spiro atoms. The Balaban J connectivity index is 2.24. The van der Waals surface area contributed by atoms with Gasteiger partial charge in [0, 0.05) is 24.8 Å². The summed E-state index contributed by atoms with van der Waals surface area (Å²) in [5.74, 6) is 0.613. The number of imide groups is 1. The van der Waals surface area contributed by atoms with Crippen molar-refractivity contribution in [2.24, 2.45) is 0 Å². The standard InChI is InChI=1S/C10H18N2O2S/c1-8(2)11-5-3-6-12-9(13)4-7-15-10(12)14/h8,11H,3-7H2,1-2H3. The summed E-state index contributed by atoms with van der Waals surface area (Å²) in [7, 11) is 0. The van der Waals surface area contributed by atoms with Gasteiger partial charge >= 0.3 is 0 Å². The molecular formula is C10H18N2O2S. The molecule has 1 aliphatic heterocycles. The van der Waals surface area contributed by atoms with Crippen molar-refractivity contribution in [1.82, 2.24) is 10.2 Å². The monoisotopic (exact) mass is 230 g/mol. The van der Waals surface area contributed by atoms with Crippen LogP contribution in [0.1, 0.15) is 26.7 Å². The van der Waals surface area contributed by atoms with Crippen LogP contribution in [-0.4, -0.2) is 40.9 Å². The van der Waals surface area contributed by atoms with E-state index in [4.69, 9.17) is 0 Å². The molecule has 0 aliphatic carbocycles. The molecule has 1 aliphatic rings. The lowest BCUT2D eigenvalue weighted by atomic mass is 10.3. The molecule has 0 saturated carbocycles. The summed E-state index contributed by atoms with van der Waals surface area (Å²) in [5.41, 5.74) is 0. The fraction of sp³-hybridized carbons (Fsp3) is 0.800. The Labute approximate surface area is 94.8 Å². The van der Waals surface area contributed by atoms with Crippen molar-refractivity contribution in [1.29, 1.82) is 0 Å². The van der Waals surface area contributed by atoms with Crippen LogP contribution in [0, 0.1) is 0 Å². The predicted octanol–water partition coefficient (Wildman–Crippen LogP) is 1.46. The first kappa shape index (κ1) is 12.5. The third kappa shape index (κ3) is 4.22. The summed E-state index contributed by atoms with van der Waals surface area (Å²) < 4.78 is 0. The van der Waals surface area contributed by atoms with Gasteiger partial charge in [-0.25, -0.2) is 0 Å². The lowest BCUT2D eigenvalue weighted by Gasteiger charge is -2.24. The van der Waals surface area contributed by atoms with Gasteiger partial charge in [0.05, 0.1) is 0 Å². The summed E-state index contributed by atoms with van der Waals surface area (Å²) >= 11 is 1.24. The normalized spacial score (nSPS) is 17.7. The largest absolute Gasteiger partial charge is 0.314 e. The Bertz CT molecular complexity index is 228. The van der Waals surface area contributed by atoms with Crippen molar-refractivity contribution in [2.75, 3.05) is 18.8 Å². The second-order valence-corrected chi connectivity index (χ2v) is 4.92. The van der Waals surface area contributed by atoms with Crippen LogP contribution in [0.15, 0.2) is 0 Å². The quantitative estimate of drug-likeness (QED) is 0.726. The van der Waals surface area contributed by atoms with Gasteiger partial charge in [-0.3, -0.25) is 14.5 Å². The van der Waals surface area contributed by atoms with Gasteiger partial charge in [0.2, 0.25) is 5.91 Å². The molecule has 1 rings (SSSR count). The number of amides is 2. The maximum absolute atomic E-state index is 11.4.